The van der Waals surface area contributed by atoms with Gasteiger partial charge in [0.25, 0.3) is 0 Å². The Morgan fingerprint density at radius 2 is 2.11 bits per heavy atom. The molecule has 1 heterocycles. The second-order valence-corrected chi connectivity index (χ2v) is 5.70. The highest BCUT2D eigenvalue weighted by Gasteiger charge is 2.13. The van der Waals surface area contributed by atoms with Crippen LogP contribution in [0.4, 0.5) is 0 Å². The zero-order valence-corrected chi connectivity index (χ0v) is 12.3. The van der Waals surface area contributed by atoms with Gasteiger partial charge in [-0.15, -0.1) is 0 Å². The van der Waals surface area contributed by atoms with Crippen LogP contribution in [0.25, 0.3) is 21.9 Å². The average molecular weight is 324 g/mol. The maximum atomic E-state index is 6.16. The second kappa shape index (κ2) is 4.60. The van der Waals surface area contributed by atoms with E-state index in [9.17, 15) is 0 Å². The molecule has 18 heavy (non-hydrogen) atoms. The molecule has 0 fully saturated rings. The number of fused-ring (bicyclic) bond motifs is 3. The van der Waals surface area contributed by atoms with Crippen molar-refractivity contribution in [2.24, 2.45) is 0 Å². The Hall–Kier alpha value is -0.990. The molecule has 0 saturated heterocycles. The summed E-state index contributed by atoms with van der Waals surface area (Å²) in [6, 6.07) is 10.1. The van der Waals surface area contributed by atoms with E-state index in [-0.39, 0.29) is 0 Å². The van der Waals surface area contributed by atoms with Crippen LogP contribution in [0, 0.1) is 0 Å². The molecule has 0 aliphatic carbocycles. The highest BCUT2D eigenvalue weighted by atomic mass is 79.9. The summed E-state index contributed by atoms with van der Waals surface area (Å²) in [6.45, 7) is 2.17. The van der Waals surface area contributed by atoms with Crippen LogP contribution in [0.1, 0.15) is 18.9 Å². The van der Waals surface area contributed by atoms with Gasteiger partial charge in [0.1, 0.15) is 11.2 Å². The zero-order valence-electron chi connectivity index (χ0n) is 9.97. The van der Waals surface area contributed by atoms with Crippen LogP contribution in [-0.2, 0) is 6.42 Å². The van der Waals surface area contributed by atoms with E-state index < -0.39 is 0 Å². The Morgan fingerprint density at radius 1 is 1.28 bits per heavy atom. The number of furan rings is 1. The molecular formula is C15H12BrClO. The minimum absolute atomic E-state index is 0.737. The van der Waals surface area contributed by atoms with E-state index >= 15 is 0 Å². The lowest BCUT2D eigenvalue weighted by molar-refractivity contribution is 0.666. The Morgan fingerprint density at radius 3 is 2.89 bits per heavy atom. The Balaban J connectivity index is 2.47. The van der Waals surface area contributed by atoms with Crippen molar-refractivity contribution in [2.75, 3.05) is 0 Å². The molecule has 0 atom stereocenters. The summed E-state index contributed by atoms with van der Waals surface area (Å²) in [5, 5.41) is 3.08. The standard InChI is InChI=1S/C15H12BrClO/c1-2-4-9-7-10(17)8-13-14(9)11-5-3-6-12(16)15(11)18-13/h3,5-8H,2,4H2,1H3. The van der Waals surface area contributed by atoms with E-state index in [2.05, 4.69) is 28.9 Å². The Labute approximate surface area is 119 Å². The maximum Gasteiger partial charge on any atom is 0.149 e. The molecule has 0 unspecified atom stereocenters. The number of benzene rings is 2. The van der Waals surface area contributed by atoms with Gasteiger partial charge in [-0.1, -0.05) is 37.1 Å². The van der Waals surface area contributed by atoms with Crippen molar-refractivity contribution in [3.63, 3.8) is 0 Å². The molecule has 0 spiro atoms. The Kier molecular flexibility index (Phi) is 3.08. The van der Waals surface area contributed by atoms with Gasteiger partial charge in [-0.05, 0) is 40.0 Å². The van der Waals surface area contributed by atoms with Gasteiger partial charge in [-0.2, -0.15) is 0 Å². The van der Waals surface area contributed by atoms with E-state index in [1.165, 1.54) is 10.9 Å². The van der Waals surface area contributed by atoms with E-state index in [0.29, 0.717) is 0 Å². The van der Waals surface area contributed by atoms with Gasteiger partial charge < -0.3 is 4.42 Å². The average Bonchev–Trinajstić information content (AvgIpc) is 2.69. The summed E-state index contributed by atoms with van der Waals surface area (Å²) < 4.78 is 6.90. The van der Waals surface area contributed by atoms with E-state index in [1.807, 2.05) is 24.3 Å². The lowest BCUT2D eigenvalue weighted by atomic mass is 10.0. The zero-order chi connectivity index (χ0) is 12.7. The van der Waals surface area contributed by atoms with Crippen molar-refractivity contribution < 1.29 is 4.42 Å². The first-order valence-corrected chi connectivity index (χ1v) is 7.17. The number of hydrogen-bond acceptors (Lipinski definition) is 1. The van der Waals surface area contributed by atoms with Crippen LogP contribution < -0.4 is 0 Å². The van der Waals surface area contributed by atoms with Gasteiger partial charge in [-0.25, -0.2) is 0 Å². The van der Waals surface area contributed by atoms with Gasteiger partial charge in [0.2, 0.25) is 0 Å². The van der Waals surface area contributed by atoms with Crippen LogP contribution in [0.3, 0.4) is 0 Å². The largest absolute Gasteiger partial charge is 0.455 e. The first-order chi connectivity index (χ1) is 8.70. The van der Waals surface area contributed by atoms with Crippen molar-refractivity contribution in [1.29, 1.82) is 0 Å². The molecule has 2 aromatic carbocycles. The molecule has 3 aromatic rings. The molecule has 0 aliphatic heterocycles. The second-order valence-electron chi connectivity index (χ2n) is 4.41. The molecular weight excluding hydrogens is 312 g/mol. The van der Waals surface area contributed by atoms with Gasteiger partial charge in [0.05, 0.1) is 4.47 Å². The molecule has 1 nitrogen and oxygen atoms in total. The molecule has 0 amide bonds. The molecule has 3 heteroatoms. The highest BCUT2D eigenvalue weighted by molar-refractivity contribution is 9.10. The van der Waals surface area contributed by atoms with Crippen LogP contribution in [-0.4, -0.2) is 0 Å². The molecule has 1 aromatic heterocycles. The molecule has 0 saturated carbocycles. The predicted octanol–water partition coefficient (Wildman–Crippen LogP) is 5.95. The number of para-hydroxylation sites is 1. The van der Waals surface area contributed by atoms with E-state index in [0.717, 1.165) is 38.9 Å². The maximum absolute atomic E-state index is 6.16. The Bertz CT molecular complexity index is 730. The van der Waals surface area contributed by atoms with Gasteiger partial charge >= 0.3 is 0 Å². The normalized spacial score (nSPS) is 11.5. The first-order valence-electron chi connectivity index (χ1n) is 6.00. The molecule has 0 bridgehead atoms. The summed E-state index contributed by atoms with van der Waals surface area (Å²) in [5.41, 5.74) is 3.02. The lowest BCUT2D eigenvalue weighted by Gasteiger charge is -2.02. The monoisotopic (exact) mass is 322 g/mol. The van der Waals surface area contributed by atoms with E-state index in [1.54, 1.807) is 0 Å². The number of aryl methyl sites for hydroxylation is 1. The van der Waals surface area contributed by atoms with Crippen molar-refractivity contribution in [3.05, 3.63) is 45.4 Å². The fraction of sp³-hybridized carbons (Fsp3) is 0.200. The van der Waals surface area contributed by atoms with Crippen LogP contribution in [0.2, 0.25) is 5.02 Å². The highest BCUT2D eigenvalue weighted by Crippen LogP contribution is 2.37. The predicted molar refractivity (Wildman–Crippen MR) is 80.4 cm³/mol. The molecule has 3 rings (SSSR count). The molecule has 0 aliphatic rings. The smallest absolute Gasteiger partial charge is 0.149 e. The van der Waals surface area contributed by atoms with E-state index in [4.69, 9.17) is 16.0 Å². The molecule has 0 radical (unpaired) electrons. The number of rotatable bonds is 2. The van der Waals surface area contributed by atoms with Crippen molar-refractivity contribution in [3.8, 4) is 0 Å². The third kappa shape index (κ3) is 1.84. The van der Waals surface area contributed by atoms with Crippen molar-refractivity contribution in [2.45, 2.75) is 19.8 Å². The summed E-state index contributed by atoms with van der Waals surface area (Å²) in [7, 11) is 0. The molecule has 92 valence electrons. The minimum atomic E-state index is 0.737. The topological polar surface area (TPSA) is 13.1 Å². The number of hydrogen-bond donors (Lipinski definition) is 0. The third-order valence-electron chi connectivity index (χ3n) is 3.12. The third-order valence-corrected chi connectivity index (χ3v) is 3.96. The fourth-order valence-electron chi connectivity index (χ4n) is 2.41. The van der Waals surface area contributed by atoms with Gasteiger partial charge in [-0.3, -0.25) is 0 Å². The van der Waals surface area contributed by atoms with Crippen LogP contribution in [0.5, 0.6) is 0 Å². The summed E-state index contributed by atoms with van der Waals surface area (Å²) in [4.78, 5) is 0. The summed E-state index contributed by atoms with van der Waals surface area (Å²) >= 11 is 9.69. The molecule has 0 N–H and O–H groups in total. The minimum Gasteiger partial charge on any atom is -0.455 e. The fourth-order valence-corrected chi connectivity index (χ4v) is 3.09. The van der Waals surface area contributed by atoms with Crippen molar-refractivity contribution in [1.82, 2.24) is 0 Å². The summed E-state index contributed by atoms with van der Waals surface area (Å²) in [6.07, 6.45) is 2.11. The SMILES string of the molecule is CCCc1cc(Cl)cc2oc3c(Br)cccc3c12. The first kappa shape index (κ1) is 12.1. The quantitative estimate of drug-likeness (QED) is 0.567. The van der Waals surface area contributed by atoms with Crippen LogP contribution in [0.15, 0.2) is 39.2 Å². The number of halogens is 2. The lowest BCUT2D eigenvalue weighted by Crippen LogP contribution is -1.84. The van der Waals surface area contributed by atoms with Crippen molar-refractivity contribution >= 4 is 49.5 Å². The summed E-state index contributed by atoms with van der Waals surface area (Å²) in [5.74, 6) is 0. The van der Waals surface area contributed by atoms with Gasteiger partial charge in [0.15, 0.2) is 0 Å². The van der Waals surface area contributed by atoms with Crippen LogP contribution >= 0.6 is 27.5 Å². The van der Waals surface area contributed by atoms with Gasteiger partial charge in [0, 0.05) is 21.9 Å².